The molecule has 0 unspecified atom stereocenters. The van der Waals surface area contributed by atoms with Gasteiger partial charge in [-0.2, -0.15) is 0 Å². The molecule has 0 radical (unpaired) electrons. The zero-order valence-electron chi connectivity index (χ0n) is 6.51. The number of thiophene rings is 1. The van der Waals surface area contributed by atoms with Gasteiger partial charge in [0, 0.05) is 10.2 Å². The lowest BCUT2D eigenvalue weighted by Gasteiger charge is -1.87. The van der Waals surface area contributed by atoms with Crippen LogP contribution < -0.4 is 0 Å². The van der Waals surface area contributed by atoms with Crippen LogP contribution >= 0.6 is 27.3 Å². The van der Waals surface area contributed by atoms with Crippen LogP contribution in [0.3, 0.4) is 0 Å². The monoisotopic (exact) mass is 230 g/mol. The maximum absolute atomic E-state index is 3.38. The van der Waals surface area contributed by atoms with Crippen molar-refractivity contribution in [3.63, 3.8) is 0 Å². The van der Waals surface area contributed by atoms with Crippen LogP contribution in [0.5, 0.6) is 0 Å². The number of aryl methyl sites for hydroxylation is 1. The molecule has 0 aromatic carbocycles. The van der Waals surface area contributed by atoms with Crippen LogP contribution in [0.2, 0.25) is 0 Å². The smallest absolute Gasteiger partial charge is 0.0296 e. The van der Waals surface area contributed by atoms with Crippen LogP contribution in [-0.2, 0) is 0 Å². The van der Waals surface area contributed by atoms with E-state index in [0.29, 0.717) is 0 Å². The molecule has 0 saturated carbocycles. The Bertz CT molecular complexity index is 237. The van der Waals surface area contributed by atoms with Crippen molar-refractivity contribution in [1.29, 1.82) is 0 Å². The Morgan fingerprint density at radius 3 is 3.00 bits per heavy atom. The van der Waals surface area contributed by atoms with E-state index in [4.69, 9.17) is 0 Å². The zero-order chi connectivity index (χ0) is 8.10. The third kappa shape index (κ3) is 2.80. The van der Waals surface area contributed by atoms with E-state index < -0.39 is 0 Å². The fraction of sp³-hybridized carbons (Fsp3) is 0.333. The Hall–Kier alpha value is -0.0800. The van der Waals surface area contributed by atoms with Crippen LogP contribution in [0.4, 0.5) is 0 Å². The lowest BCUT2D eigenvalue weighted by Crippen LogP contribution is -1.68. The quantitative estimate of drug-likeness (QED) is 0.693. The van der Waals surface area contributed by atoms with Crippen molar-refractivity contribution in [2.75, 3.05) is 5.33 Å². The minimum absolute atomic E-state index is 1.05. The van der Waals surface area contributed by atoms with E-state index in [0.717, 1.165) is 11.8 Å². The minimum Gasteiger partial charge on any atom is -0.144 e. The first-order chi connectivity index (χ1) is 5.34. The van der Waals surface area contributed by atoms with Gasteiger partial charge in [0.05, 0.1) is 0 Å². The molecule has 2 heteroatoms. The third-order valence-electron chi connectivity index (χ3n) is 1.45. The van der Waals surface area contributed by atoms with E-state index in [1.54, 1.807) is 11.3 Å². The first kappa shape index (κ1) is 9.01. The molecule has 1 aromatic rings. The summed E-state index contributed by atoms with van der Waals surface area (Å²) in [6.07, 6.45) is 5.51. The summed E-state index contributed by atoms with van der Waals surface area (Å²) in [6.45, 7) is 2.14. The molecule has 0 aliphatic heterocycles. The van der Waals surface area contributed by atoms with Crippen molar-refractivity contribution in [2.45, 2.75) is 13.3 Å². The Kier molecular flexibility index (Phi) is 3.87. The number of hydrogen-bond acceptors (Lipinski definition) is 1. The second kappa shape index (κ2) is 4.73. The highest BCUT2D eigenvalue weighted by atomic mass is 79.9. The van der Waals surface area contributed by atoms with Crippen molar-refractivity contribution in [3.8, 4) is 0 Å². The summed E-state index contributed by atoms with van der Waals surface area (Å²) in [6, 6.07) is 2.15. The molecule has 0 fully saturated rings. The van der Waals surface area contributed by atoms with Gasteiger partial charge >= 0.3 is 0 Å². The fourth-order valence-corrected chi connectivity index (χ4v) is 1.92. The summed E-state index contributed by atoms with van der Waals surface area (Å²) in [5.74, 6) is 0. The number of hydrogen-bond donors (Lipinski definition) is 0. The summed E-state index contributed by atoms with van der Waals surface area (Å²) in [5.41, 5.74) is 1.38. The molecule has 1 aromatic heterocycles. The largest absolute Gasteiger partial charge is 0.144 e. The third-order valence-corrected chi connectivity index (χ3v) is 2.89. The van der Waals surface area contributed by atoms with Crippen LogP contribution in [0.15, 0.2) is 17.5 Å². The molecule has 0 N–H and O–H groups in total. The molecule has 60 valence electrons. The summed E-state index contributed by atoms with van der Waals surface area (Å²) in [4.78, 5) is 1.38. The Morgan fingerprint density at radius 1 is 1.64 bits per heavy atom. The van der Waals surface area contributed by atoms with Gasteiger partial charge in [0.15, 0.2) is 0 Å². The summed E-state index contributed by atoms with van der Waals surface area (Å²) in [5, 5.41) is 3.18. The number of alkyl halides is 1. The van der Waals surface area contributed by atoms with Gasteiger partial charge in [0.2, 0.25) is 0 Å². The lowest BCUT2D eigenvalue weighted by atomic mass is 10.2. The number of halogens is 1. The molecular weight excluding hydrogens is 220 g/mol. The summed E-state index contributed by atoms with van der Waals surface area (Å²) in [7, 11) is 0. The van der Waals surface area contributed by atoms with Crippen molar-refractivity contribution in [2.24, 2.45) is 0 Å². The van der Waals surface area contributed by atoms with E-state index >= 15 is 0 Å². The maximum Gasteiger partial charge on any atom is 0.0296 e. The molecule has 0 bridgehead atoms. The van der Waals surface area contributed by atoms with E-state index in [-0.39, 0.29) is 0 Å². The number of rotatable bonds is 3. The van der Waals surface area contributed by atoms with Gasteiger partial charge < -0.3 is 0 Å². The van der Waals surface area contributed by atoms with Crippen molar-refractivity contribution < 1.29 is 0 Å². The molecule has 11 heavy (non-hydrogen) atoms. The molecule has 0 spiro atoms. The van der Waals surface area contributed by atoms with Gasteiger partial charge in [-0.25, -0.2) is 0 Å². The molecular formula is C9H11BrS. The van der Waals surface area contributed by atoms with Gasteiger partial charge in [-0.3, -0.25) is 0 Å². The highest BCUT2D eigenvalue weighted by molar-refractivity contribution is 9.09. The Balaban J connectivity index is 2.56. The van der Waals surface area contributed by atoms with E-state index in [1.807, 2.05) is 0 Å². The van der Waals surface area contributed by atoms with Crippen molar-refractivity contribution >= 4 is 33.3 Å². The molecule has 1 heterocycles. The van der Waals surface area contributed by atoms with Crippen LogP contribution in [0.1, 0.15) is 16.9 Å². The molecule has 0 aliphatic carbocycles. The first-order valence-electron chi connectivity index (χ1n) is 3.61. The standard InChI is InChI=1S/C9H11BrS/c1-8-5-7-11-9(8)4-2-3-6-10/h2,4-5,7H,3,6H2,1H3. The second-order valence-corrected chi connectivity index (χ2v) is 4.09. The zero-order valence-corrected chi connectivity index (χ0v) is 8.91. The molecule has 0 aliphatic rings. The Labute approximate surface area is 80.1 Å². The molecule has 0 saturated heterocycles. The minimum atomic E-state index is 1.05. The van der Waals surface area contributed by atoms with Gasteiger partial charge in [-0.05, 0) is 36.4 Å². The van der Waals surface area contributed by atoms with Gasteiger partial charge in [-0.15, -0.1) is 11.3 Å². The van der Waals surface area contributed by atoms with E-state index in [9.17, 15) is 0 Å². The topological polar surface area (TPSA) is 0 Å². The van der Waals surface area contributed by atoms with Gasteiger partial charge in [0.1, 0.15) is 0 Å². The van der Waals surface area contributed by atoms with Crippen LogP contribution in [0.25, 0.3) is 6.08 Å². The van der Waals surface area contributed by atoms with Crippen molar-refractivity contribution in [1.82, 2.24) is 0 Å². The first-order valence-corrected chi connectivity index (χ1v) is 5.61. The van der Waals surface area contributed by atoms with Crippen LogP contribution in [-0.4, -0.2) is 5.33 Å². The van der Waals surface area contributed by atoms with Gasteiger partial charge in [-0.1, -0.05) is 22.0 Å². The lowest BCUT2D eigenvalue weighted by molar-refractivity contribution is 1.27. The molecule has 1 rings (SSSR count). The predicted octanol–water partition coefficient (Wildman–Crippen LogP) is 3.85. The van der Waals surface area contributed by atoms with Gasteiger partial charge in [0.25, 0.3) is 0 Å². The molecule has 0 amide bonds. The second-order valence-electron chi connectivity index (χ2n) is 2.35. The van der Waals surface area contributed by atoms with E-state index in [2.05, 4.69) is 46.5 Å². The predicted molar refractivity (Wildman–Crippen MR) is 56.5 cm³/mol. The van der Waals surface area contributed by atoms with E-state index in [1.165, 1.54) is 10.4 Å². The maximum atomic E-state index is 3.38. The number of allylic oxidation sites excluding steroid dienone is 1. The fourth-order valence-electron chi connectivity index (χ4n) is 0.809. The highest BCUT2D eigenvalue weighted by Gasteiger charge is 1.92. The Morgan fingerprint density at radius 2 is 2.45 bits per heavy atom. The van der Waals surface area contributed by atoms with Crippen LogP contribution in [0, 0.1) is 6.92 Å². The molecule has 0 nitrogen and oxygen atoms in total. The normalized spacial score (nSPS) is 11.1. The average Bonchev–Trinajstić information content (AvgIpc) is 2.37. The van der Waals surface area contributed by atoms with Crippen molar-refractivity contribution in [3.05, 3.63) is 28.0 Å². The average molecular weight is 231 g/mol. The highest BCUT2D eigenvalue weighted by Crippen LogP contribution is 2.17. The SMILES string of the molecule is Cc1ccsc1C=CCCBr. The summed E-state index contributed by atoms with van der Waals surface area (Å²) >= 11 is 5.18. The molecule has 0 atom stereocenters. The summed E-state index contributed by atoms with van der Waals surface area (Å²) < 4.78 is 0.